The smallest absolute Gasteiger partial charge is 0.304 e. The largest absolute Gasteiger partial charge is 0.481 e. The van der Waals surface area contributed by atoms with Crippen molar-refractivity contribution < 1.29 is 15.0 Å². The summed E-state index contributed by atoms with van der Waals surface area (Å²) in [4.78, 5) is 12.3. The Bertz CT molecular complexity index is 150. The number of hydrogen-bond acceptors (Lipinski definition) is 3. The molecule has 0 aliphatic heterocycles. The molecule has 0 amide bonds. The van der Waals surface area contributed by atoms with Crippen LogP contribution in [0.3, 0.4) is 0 Å². The van der Waals surface area contributed by atoms with Gasteiger partial charge >= 0.3 is 5.97 Å². The Morgan fingerprint density at radius 3 is 2.54 bits per heavy atom. The summed E-state index contributed by atoms with van der Waals surface area (Å²) in [5.74, 6) is -0.552. The van der Waals surface area contributed by atoms with Crippen molar-refractivity contribution in [3.05, 3.63) is 0 Å². The molecule has 0 aromatic heterocycles. The summed E-state index contributed by atoms with van der Waals surface area (Å²) in [5.41, 5.74) is 0. The third-order valence-electron chi connectivity index (χ3n) is 1.97. The Morgan fingerprint density at radius 2 is 2.15 bits per heavy atom. The molecule has 0 aliphatic rings. The Balaban J connectivity index is 3.68. The minimum absolute atomic E-state index is 0.156. The van der Waals surface area contributed by atoms with E-state index in [0.717, 1.165) is 13.1 Å². The molecule has 0 rings (SSSR count). The van der Waals surface area contributed by atoms with Crippen molar-refractivity contribution in [3.63, 3.8) is 0 Å². The molecular weight excluding hydrogens is 170 g/mol. The SMILES string of the molecule is CCN(CCC(=O)O)CC(C)CO. The minimum Gasteiger partial charge on any atom is -0.481 e. The Labute approximate surface area is 79.2 Å². The molecule has 0 fully saturated rings. The van der Waals surface area contributed by atoms with E-state index in [1.165, 1.54) is 0 Å². The summed E-state index contributed by atoms with van der Waals surface area (Å²) in [6.07, 6.45) is 0.173. The van der Waals surface area contributed by atoms with Gasteiger partial charge in [-0.15, -0.1) is 0 Å². The molecule has 13 heavy (non-hydrogen) atoms. The van der Waals surface area contributed by atoms with Gasteiger partial charge < -0.3 is 15.1 Å². The van der Waals surface area contributed by atoms with E-state index in [0.29, 0.717) is 6.54 Å². The molecule has 0 aliphatic carbocycles. The van der Waals surface area contributed by atoms with Gasteiger partial charge in [0.05, 0.1) is 6.42 Å². The van der Waals surface area contributed by atoms with Crippen LogP contribution in [0.25, 0.3) is 0 Å². The highest BCUT2D eigenvalue weighted by molar-refractivity contribution is 5.66. The maximum Gasteiger partial charge on any atom is 0.304 e. The van der Waals surface area contributed by atoms with E-state index >= 15 is 0 Å². The standard InChI is InChI=1S/C9H19NO3/c1-3-10(5-4-9(12)13)6-8(2)7-11/h8,11H,3-7H2,1-2H3,(H,12,13). The molecule has 0 bridgehead atoms. The van der Waals surface area contributed by atoms with E-state index in [-0.39, 0.29) is 18.9 Å². The van der Waals surface area contributed by atoms with Gasteiger partial charge in [0, 0.05) is 19.7 Å². The highest BCUT2D eigenvalue weighted by atomic mass is 16.4. The molecule has 0 aromatic rings. The van der Waals surface area contributed by atoms with Crippen molar-refractivity contribution in [1.82, 2.24) is 4.90 Å². The highest BCUT2D eigenvalue weighted by Gasteiger charge is 2.08. The Hall–Kier alpha value is -0.610. The quantitative estimate of drug-likeness (QED) is 0.609. The fourth-order valence-corrected chi connectivity index (χ4v) is 1.13. The number of carbonyl (C=O) groups is 1. The lowest BCUT2D eigenvalue weighted by molar-refractivity contribution is -0.137. The predicted molar refractivity (Wildman–Crippen MR) is 50.6 cm³/mol. The van der Waals surface area contributed by atoms with E-state index in [2.05, 4.69) is 0 Å². The van der Waals surface area contributed by atoms with Crippen LogP contribution in [-0.2, 0) is 4.79 Å². The first-order chi connectivity index (χ1) is 6.10. The van der Waals surface area contributed by atoms with Crippen LogP contribution < -0.4 is 0 Å². The third-order valence-corrected chi connectivity index (χ3v) is 1.97. The lowest BCUT2D eigenvalue weighted by atomic mass is 10.2. The molecule has 0 saturated carbocycles. The number of hydrogen-bond donors (Lipinski definition) is 2. The van der Waals surface area contributed by atoms with Crippen LogP contribution in [0.5, 0.6) is 0 Å². The zero-order valence-electron chi connectivity index (χ0n) is 8.36. The van der Waals surface area contributed by atoms with Gasteiger partial charge in [0.25, 0.3) is 0 Å². The molecule has 0 radical (unpaired) electrons. The molecule has 4 heteroatoms. The van der Waals surface area contributed by atoms with Gasteiger partial charge in [-0.25, -0.2) is 0 Å². The van der Waals surface area contributed by atoms with Gasteiger partial charge in [-0.05, 0) is 12.5 Å². The van der Waals surface area contributed by atoms with E-state index in [9.17, 15) is 4.79 Å². The summed E-state index contributed by atoms with van der Waals surface area (Å²) >= 11 is 0. The molecule has 0 saturated heterocycles. The van der Waals surface area contributed by atoms with E-state index in [1.807, 2.05) is 18.7 Å². The summed E-state index contributed by atoms with van der Waals surface area (Å²) < 4.78 is 0. The highest BCUT2D eigenvalue weighted by Crippen LogP contribution is 1.99. The molecule has 0 aromatic carbocycles. The Kier molecular flexibility index (Phi) is 6.54. The number of aliphatic hydroxyl groups excluding tert-OH is 1. The van der Waals surface area contributed by atoms with Crippen LogP contribution in [0, 0.1) is 5.92 Å². The fourth-order valence-electron chi connectivity index (χ4n) is 1.13. The maximum absolute atomic E-state index is 10.3. The van der Waals surface area contributed by atoms with Crippen molar-refractivity contribution in [3.8, 4) is 0 Å². The average molecular weight is 189 g/mol. The maximum atomic E-state index is 10.3. The number of carboxylic acids is 1. The number of rotatable bonds is 7. The van der Waals surface area contributed by atoms with Crippen LogP contribution in [0.4, 0.5) is 0 Å². The second-order valence-corrected chi connectivity index (χ2v) is 3.32. The summed E-state index contributed by atoms with van der Waals surface area (Å²) in [7, 11) is 0. The Morgan fingerprint density at radius 1 is 1.54 bits per heavy atom. The summed E-state index contributed by atoms with van der Waals surface area (Å²) in [6.45, 7) is 6.26. The predicted octanol–water partition coefficient (Wildman–Crippen LogP) is 0.411. The van der Waals surface area contributed by atoms with Gasteiger partial charge in [-0.3, -0.25) is 4.79 Å². The first-order valence-corrected chi connectivity index (χ1v) is 4.65. The topological polar surface area (TPSA) is 60.8 Å². The molecule has 1 unspecified atom stereocenters. The van der Waals surface area contributed by atoms with Crippen LogP contribution in [0.1, 0.15) is 20.3 Å². The van der Waals surface area contributed by atoms with E-state index < -0.39 is 5.97 Å². The van der Waals surface area contributed by atoms with Crippen molar-refractivity contribution in [2.75, 3.05) is 26.2 Å². The molecule has 4 nitrogen and oxygen atoms in total. The van der Waals surface area contributed by atoms with Gasteiger partial charge in [-0.2, -0.15) is 0 Å². The molecule has 0 heterocycles. The number of aliphatic carboxylic acids is 1. The molecule has 0 spiro atoms. The van der Waals surface area contributed by atoms with E-state index in [4.69, 9.17) is 10.2 Å². The zero-order valence-corrected chi connectivity index (χ0v) is 8.36. The summed E-state index contributed by atoms with van der Waals surface area (Å²) in [5, 5.41) is 17.3. The van der Waals surface area contributed by atoms with Crippen LogP contribution >= 0.6 is 0 Å². The minimum atomic E-state index is -0.768. The van der Waals surface area contributed by atoms with Crippen molar-refractivity contribution in [2.24, 2.45) is 5.92 Å². The lowest BCUT2D eigenvalue weighted by Gasteiger charge is -2.22. The lowest BCUT2D eigenvalue weighted by Crippen LogP contribution is -2.31. The third kappa shape index (κ3) is 6.54. The molecular formula is C9H19NO3. The van der Waals surface area contributed by atoms with Gasteiger partial charge in [0.2, 0.25) is 0 Å². The first-order valence-electron chi connectivity index (χ1n) is 4.65. The van der Waals surface area contributed by atoms with Gasteiger partial charge in [-0.1, -0.05) is 13.8 Å². The summed E-state index contributed by atoms with van der Waals surface area (Å²) in [6, 6.07) is 0. The number of nitrogens with zero attached hydrogens (tertiary/aromatic N) is 1. The normalized spacial score (nSPS) is 13.2. The molecule has 1 atom stereocenters. The van der Waals surface area contributed by atoms with Gasteiger partial charge in [0.15, 0.2) is 0 Å². The second kappa shape index (κ2) is 6.86. The van der Waals surface area contributed by atoms with Gasteiger partial charge in [0.1, 0.15) is 0 Å². The number of carboxylic acid groups (broad SMARTS) is 1. The first kappa shape index (κ1) is 12.4. The van der Waals surface area contributed by atoms with E-state index in [1.54, 1.807) is 0 Å². The van der Waals surface area contributed by atoms with Crippen molar-refractivity contribution >= 4 is 5.97 Å². The van der Waals surface area contributed by atoms with Crippen LogP contribution in [0.15, 0.2) is 0 Å². The molecule has 78 valence electrons. The van der Waals surface area contributed by atoms with Crippen molar-refractivity contribution in [1.29, 1.82) is 0 Å². The van der Waals surface area contributed by atoms with Crippen LogP contribution in [0.2, 0.25) is 0 Å². The zero-order chi connectivity index (χ0) is 10.3. The van der Waals surface area contributed by atoms with Crippen LogP contribution in [-0.4, -0.2) is 47.3 Å². The second-order valence-electron chi connectivity index (χ2n) is 3.32. The monoisotopic (exact) mass is 189 g/mol. The average Bonchev–Trinajstić information content (AvgIpc) is 2.11. The molecule has 2 N–H and O–H groups in total. The van der Waals surface area contributed by atoms with Crippen molar-refractivity contribution in [2.45, 2.75) is 20.3 Å². The fraction of sp³-hybridized carbons (Fsp3) is 0.889. The number of aliphatic hydroxyl groups is 1.